The van der Waals surface area contributed by atoms with Gasteiger partial charge in [0.2, 0.25) is 0 Å². The molecule has 0 saturated carbocycles. The molecule has 0 N–H and O–H groups in total. The summed E-state index contributed by atoms with van der Waals surface area (Å²) in [7, 11) is 0. The number of nitrogens with zero attached hydrogens (tertiary/aromatic N) is 3. The first kappa shape index (κ1) is 30.8. The SMILES string of the molecule is CC1C=c2c(c3c4ccccc4ccc3n2-c2cccc3c(-c4nc(-c5ccc(-c6ccccc6)cc5)c5ccccc5n4)cccc23)=C2C=CC=CC21. The highest BCUT2D eigenvalue weighted by Gasteiger charge is 2.27. The number of rotatable bonds is 4. The van der Waals surface area contributed by atoms with E-state index < -0.39 is 0 Å². The molecule has 0 saturated heterocycles. The number of para-hydroxylation sites is 1. The summed E-state index contributed by atoms with van der Waals surface area (Å²) >= 11 is 0. The van der Waals surface area contributed by atoms with Crippen LogP contribution in [0, 0.1) is 11.8 Å². The first-order chi connectivity index (χ1) is 26.7. The van der Waals surface area contributed by atoms with Crippen LogP contribution in [0.1, 0.15) is 6.92 Å². The van der Waals surface area contributed by atoms with Gasteiger partial charge in [-0.1, -0.05) is 171 Å². The van der Waals surface area contributed by atoms with E-state index in [1.54, 1.807) is 0 Å². The van der Waals surface area contributed by atoms with Crippen molar-refractivity contribution in [1.29, 1.82) is 0 Å². The fourth-order valence-corrected chi connectivity index (χ4v) is 8.96. The molecule has 254 valence electrons. The monoisotopic (exact) mass is 689 g/mol. The summed E-state index contributed by atoms with van der Waals surface area (Å²) in [6.07, 6.45) is 11.6. The molecule has 3 nitrogen and oxygen atoms in total. The van der Waals surface area contributed by atoms with Gasteiger partial charge < -0.3 is 4.57 Å². The van der Waals surface area contributed by atoms with Gasteiger partial charge in [0.15, 0.2) is 5.82 Å². The third-order valence-electron chi connectivity index (χ3n) is 11.5. The molecule has 3 heteroatoms. The van der Waals surface area contributed by atoms with Crippen LogP contribution < -0.4 is 10.6 Å². The van der Waals surface area contributed by atoms with Crippen molar-refractivity contribution in [2.45, 2.75) is 6.92 Å². The number of allylic oxidation sites excluding steroid dienone is 4. The van der Waals surface area contributed by atoms with Gasteiger partial charge in [0.1, 0.15) is 0 Å². The molecular formula is C51H35N3. The van der Waals surface area contributed by atoms with E-state index in [1.807, 2.05) is 0 Å². The number of aromatic nitrogens is 3. The number of hydrogen-bond acceptors (Lipinski definition) is 2. The van der Waals surface area contributed by atoms with Gasteiger partial charge in [-0.05, 0) is 57.0 Å². The standard InChI is InChI=1S/C51H35N3/c1-32-31-47-49(41-18-8-7-16-37(32)41)48-38-17-6-5-15-35(38)29-30-46(48)54(47)45-24-12-20-39-40(45)21-11-22-42(39)51-52-44-23-10-9-19-43(44)50(53-51)36-27-25-34(26-28-36)33-13-3-2-4-14-33/h2-32,37H,1H3. The van der Waals surface area contributed by atoms with Crippen LogP contribution in [0.5, 0.6) is 0 Å². The fraction of sp³-hybridized carbons (Fsp3) is 0.0588. The summed E-state index contributed by atoms with van der Waals surface area (Å²) in [4.78, 5) is 10.6. The van der Waals surface area contributed by atoms with Crippen molar-refractivity contribution in [3.8, 4) is 39.5 Å². The zero-order valence-corrected chi connectivity index (χ0v) is 29.8. The first-order valence-electron chi connectivity index (χ1n) is 18.8. The highest BCUT2D eigenvalue weighted by molar-refractivity contribution is 6.10. The lowest BCUT2D eigenvalue weighted by Crippen LogP contribution is -2.37. The van der Waals surface area contributed by atoms with E-state index in [0.29, 0.717) is 11.8 Å². The lowest BCUT2D eigenvalue weighted by Gasteiger charge is -2.25. The van der Waals surface area contributed by atoms with Gasteiger partial charge in [-0.15, -0.1) is 0 Å². The molecule has 0 radical (unpaired) electrons. The van der Waals surface area contributed by atoms with E-state index in [9.17, 15) is 0 Å². The summed E-state index contributed by atoms with van der Waals surface area (Å²) in [5, 5.41) is 9.81. The molecule has 0 aliphatic heterocycles. The fourth-order valence-electron chi connectivity index (χ4n) is 8.96. The Labute approximate surface area is 313 Å². The molecule has 9 aromatic rings. The first-order valence-corrected chi connectivity index (χ1v) is 18.8. The molecule has 2 unspecified atom stereocenters. The minimum Gasteiger partial charge on any atom is -0.309 e. The Morgan fingerprint density at radius 2 is 1.28 bits per heavy atom. The number of fused-ring (bicyclic) bond motifs is 8. The van der Waals surface area contributed by atoms with Crippen molar-refractivity contribution < 1.29 is 0 Å². The highest BCUT2D eigenvalue weighted by atomic mass is 15.0. The maximum absolute atomic E-state index is 5.35. The van der Waals surface area contributed by atoms with Gasteiger partial charge in [0.25, 0.3) is 0 Å². The van der Waals surface area contributed by atoms with Crippen LogP contribution in [0.15, 0.2) is 176 Å². The Bertz CT molecular complexity index is 3170. The highest BCUT2D eigenvalue weighted by Crippen LogP contribution is 2.37. The van der Waals surface area contributed by atoms with Gasteiger partial charge in [0.05, 0.1) is 27.8 Å². The molecule has 7 aromatic carbocycles. The molecule has 54 heavy (non-hydrogen) atoms. The van der Waals surface area contributed by atoms with Gasteiger partial charge in [-0.2, -0.15) is 0 Å². The van der Waals surface area contributed by atoms with Crippen LogP contribution in [0.2, 0.25) is 0 Å². The van der Waals surface area contributed by atoms with Crippen molar-refractivity contribution in [3.05, 3.63) is 187 Å². The van der Waals surface area contributed by atoms with Crippen LogP contribution in [0.4, 0.5) is 0 Å². The summed E-state index contributed by atoms with van der Waals surface area (Å²) in [5.41, 5.74) is 10.1. The van der Waals surface area contributed by atoms with Crippen LogP contribution in [0.3, 0.4) is 0 Å². The molecule has 0 amide bonds. The zero-order chi connectivity index (χ0) is 35.8. The second-order valence-corrected chi connectivity index (χ2v) is 14.6. The third-order valence-corrected chi connectivity index (χ3v) is 11.5. The molecule has 2 heterocycles. The van der Waals surface area contributed by atoms with Crippen molar-refractivity contribution in [2.24, 2.45) is 11.8 Å². The molecule has 2 atom stereocenters. The van der Waals surface area contributed by atoms with Crippen molar-refractivity contribution >= 4 is 55.0 Å². The van der Waals surface area contributed by atoms with E-state index >= 15 is 0 Å². The maximum atomic E-state index is 5.35. The Hall–Kier alpha value is -6.84. The Balaban J connectivity index is 1.15. The van der Waals surface area contributed by atoms with Crippen molar-refractivity contribution in [2.75, 3.05) is 0 Å². The minimum atomic E-state index is 0.355. The van der Waals surface area contributed by atoms with Crippen LogP contribution in [-0.2, 0) is 0 Å². The van der Waals surface area contributed by atoms with Crippen LogP contribution in [-0.4, -0.2) is 14.5 Å². The predicted octanol–water partition coefficient (Wildman–Crippen LogP) is 11.2. The molecule has 0 fully saturated rings. The topological polar surface area (TPSA) is 30.7 Å². The number of benzene rings is 7. The average Bonchev–Trinajstić information content (AvgIpc) is 3.57. The third kappa shape index (κ3) is 4.68. The van der Waals surface area contributed by atoms with Crippen LogP contribution in [0.25, 0.3) is 94.5 Å². The minimum absolute atomic E-state index is 0.355. The quantitative estimate of drug-likeness (QED) is 0.184. The molecule has 0 spiro atoms. The lowest BCUT2D eigenvalue weighted by atomic mass is 9.80. The Morgan fingerprint density at radius 1 is 0.556 bits per heavy atom. The zero-order valence-electron chi connectivity index (χ0n) is 29.8. The van der Waals surface area contributed by atoms with Crippen molar-refractivity contribution in [3.63, 3.8) is 0 Å². The lowest BCUT2D eigenvalue weighted by molar-refractivity contribution is 0.646. The summed E-state index contributed by atoms with van der Waals surface area (Å²) in [6, 6.07) is 54.3. The second-order valence-electron chi connectivity index (χ2n) is 14.6. The van der Waals surface area contributed by atoms with E-state index in [4.69, 9.17) is 9.97 Å². The summed E-state index contributed by atoms with van der Waals surface area (Å²) < 4.78 is 2.51. The molecule has 2 aliphatic rings. The van der Waals surface area contributed by atoms with E-state index in [1.165, 1.54) is 54.3 Å². The van der Waals surface area contributed by atoms with Crippen LogP contribution >= 0.6 is 0 Å². The van der Waals surface area contributed by atoms with Gasteiger partial charge >= 0.3 is 0 Å². The predicted molar refractivity (Wildman–Crippen MR) is 226 cm³/mol. The van der Waals surface area contributed by atoms with E-state index in [0.717, 1.165) is 44.6 Å². The smallest absolute Gasteiger partial charge is 0.161 e. The van der Waals surface area contributed by atoms with Gasteiger partial charge in [-0.3, -0.25) is 0 Å². The van der Waals surface area contributed by atoms with Gasteiger partial charge in [0, 0.05) is 38.4 Å². The molecule has 2 aromatic heterocycles. The summed E-state index contributed by atoms with van der Waals surface area (Å²) in [6.45, 7) is 2.35. The van der Waals surface area contributed by atoms with Crippen molar-refractivity contribution in [1.82, 2.24) is 14.5 Å². The maximum Gasteiger partial charge on any atom is 0.161 e. The Kier molecular flexibility index (Phi) is 6.90. The van der Waals surface area contributed by atoms with Gasteiger partial charge in [-0.25, -0.2) is 9.97 Å². The molecule has 2 aliphatic carbocycles. The Morgan fingerprint density at radius 3 is 2.17 bits per heavy atom. The molecule has 0 bridgehead atoms. The average molecular weight is 690 g/mol. The van der Waals surface area contributed by atoms with E-state index in [2.05, 4.69) is 194 Å². The number of hydrogen-bond donors (Lipinski definition) is 0. The largest absolute Gasteiger partial charge is 0.309 e. The normalized spacial score (nSPS) is 16.2. The molecular weight excluding hydrogens is 655 g/mol. The second kappa shape index (κ2) is 12.1. The summed E-state index contributed by atoms with van der Waals surface area (Å²) in [5.74, 6) is 1.44. The molecule has 11 rings (SSSR count). The van der Waals surface area contributed by atoms with E-state index in [-0.39, 0.29) is 0 Å².